The fraction of sp³-hybridized carbons (Fsp3) is 0.818. The van der Waals surface area contributed by atoms with E-state index >= 15 is 0 Å². The Hall–Kier alpha value is -1.10. The molecule has 0 aromatic rings. The van der Waals surface area contributed by atoms with Gasteiger partial charge in [0.25, 0.3) is 0 Å². The number of amides is 1. The summed E-state index contributed by atoms with van der Waals surface area (Å²) in [5.74, 6) is -1.39. The molecule has 0 heterocycles. The van der Waals surface area contributed by atoms with E-state index in [2.05, 4.69) is 5.32 Å². The van der Waals surface area contributed by atoms with E-state index in [0.717, 1.165) is 12.8 Å². The Morgan fingerprint density at radius 2 is 1.94 bits per heavy atom. The van der Waals surface area contributed by atoms with Gasteiger partial charge in [0.2, 0.25) is 5.91 Å². The van der Waals surface area contributed by atoms with Crippen molar-refractivity contribution in [2.45, 2.75) is 52.1 Å². The van der Waals surface area contributed by atoms with Gasteiger partial charge in [0.1, 0.15) is 6.04 Å². The molecule has 94 valence electrons. The van der Waals surface area contributed by atoms with Gasteiger partial charge in [0, 0.05) is 0 Å². The third kappa shape index (κ3) is 5.11. The molecule has 0 saturated heterocycles. The molecular formula is C11H22N2O3. The van der Waals surface area contributed by atoms with Gasteiger partial charge in [-0.05, 0) is 12.3 Å². The summed E-state index contributed by atoms with van der Waals surface area (Å²) in [4.78, 5) is 22.4. The Morgan fingerprint density at radius 1 is 1.38 bits per heavy atom. The van der Waals surface area contributed by atoms with Crippen LogP contribution in [-0.2, 0) is 9.59 Å². The van der Waals surface area contributed by atoms with Crippen molar-refractivity contribution in [2.24, 2.45) is 11.7 Å². The highest BCUT2D eigenvalue weighted by Gasteiger charge is 2.24. The van der Waals surface area contributed by atoms with Crippen molar-refractivity contribution in [1.82, 2.24) is 5.32 Å². The number of carbonyl (C=O) groups excluding carboxylic acids is 1. The normalized spacial score (nSPS) is 14.6. The molecule has 0 aliphatic heterocycles. The average Bonchev–Trinajstić information content (AvgIpc) is 2.21. The smallest absolute Gasteiger partial charge is 0.326 e. The van der Waals surface area contributed by atoms with E-state index in [9.17, 15) is 9.59 Å². The standard InChI is InChI=1S/C11H22N2O3/c1-4-5-6-8(11(15)16)13-10(14)9(12)7(2)3/h7-9H,4-6,12H2,1-3H3,(H,13,14)(H,15,16)/t8-,9?/m0/s1. The number of nitrogens with two attached hydrogens (primary N) is 1. The van der Waals surface area contributed by atoms with Crippen LogP contribution in [0.5, 0.6) is 0 Å². The molecule has 0 radical (unpaired) electrons. The van der Waals surface area contributed by atoms with Crippen molar-refractivity contribution >= 4 is 11.9 Å². The lowest BCUT2D eigenvalue weighted by Gasteiger charge is -2.19. The Bertz CT molecular complexity index is 241. The summed E-state index contributed by atoms with van der Waals surface area (Å²) >= 11 is 0. The third-order valence-corrected chi connectivity index (χ3v) is 2.48. The molecule has 0 spiro atoms. The van der Waals surface area contributed by atoms with Crippen molar-refractivity contribution in [3.05, 3.63) is 0 Å². The minimum absolute atomic E-state index is 0.000574. The highest BCUT2D eigenvalue weighted by atomic mass is 16.4. The van der Waals surface area contributed by atoms with Gasteiger partial charge in [-0.2, -0.15) is 0 Å². The maximum atomic E-state index is 11.6. The Morgan fingerprint density at radius 3 is 2.31 bits per heavy atom. The lowest BCUT2D eigenvalue weighted by Crippen LogP contribution is -2.50. The minimum atomic E-state index is -1.00. The maximum Gasteiger partial charge on any atom is 0.326 e. The molecule has 16 heavy (non-hydrogen) atoms. The molecule has 0 aliphatic carbocycles. The SMILES string of the molecule is CCCC[C@H](NC(=O)C(N)C(C)C)C(=O)O. The van der Waals surface area contributed by atoms with Crippen LogP contribution < -0.4 is 11.1 Å². The molecule has 0 aromatic heterocycles. The van der Waals surface area contributed by atoms with E-state index in [1.165, 1.54) is 0 Å². The molecule has 0 bridgehead atoms. The number of carboxylic acids is 1. The first kappa shape index (κ1) is 14.9. The molecule has 0 rings (SSSR count). The topological polar surface area (TPSA) is 92.4 Å². The summed E-state index contributed by atoms with van der Waals surface area (Å²) in [5, 5.41) is 11.4. The summed E-state index contributed by atoms with van der Waals surface area (Å²) in [6.07, 6.45) is 2.12. The lowest BCUT2D eigenvalue weighted by molar-refractivity contribution is -0.142. The van der Waals surface area contributed by atoms with Gasteiger partial charge in [-0.1, -0.05) is 33.6 Å². The monoisotopic (exact) mass is 230 g/mol. The second kappa shape index (κ2) is 7.22. The minimum Gasteiger partial charge on any atom is -0.480 e. The molecule has 2 atom stereocenters. The number of aliphatic carboxylic acids is 1. The van der Waals surface area contributed by atoms with Crippen LogP contribution in [-0.4, -0.2) is 29.1 Å². The van der Waals surface area contributed by atoms with Crippen LogP contribution in [0.25, 0.3) is 0 Å². The van der Waals surface area contributed by atoms with E-state index in [-0.39, 0.29) is 5.92 Å². The summed E-state index contributed by atoms with van der Waals surface area (Å²) < 4.78 is 0. The van der Waals surface area contributed by atoms with Crippen LogP contribution in [0.4, 0.5) is 0 Å². The van der Waals surface area contributed by atoms with Crippen molar-refractivity contribution in [3.63, 3.8) is 0 Å². The highest BCUT2D eigenvalue weighted by molar-refractivity contribution is 5.86. The van der Waals surface area contributed by atoms with Gasteiger partial charge in [-0.25, -0.2) is 4.79 Å². The van der Waals surface area contributed by atoms with Gasteiger partial charge in [0.15, 0.2) is 0 Å². The molecule has 4 N–H and O–H groups in total. The van der Waals surface area contributed by atoms with Crippen LogP contribution in [0, 0.1) is 5.92 Å². The summed E-state index contributed by atoms with van der Waals surface area (Å²) in [6.45, 7) is 5.62. The predicted molar refractivity (Wildman–Crippen MR) is 61.9 cm³/mol. The van der Waals surface area contributed by atoms with E-state index in [1.54, 1.807) is 0 Å². The first-order valence-electron chi connectivity index (χ1n) is 5.68. The number of hydrogen-bond acceptors (Lipinski definition) is 3. The van der Waals surface area contributed by atoms with Crippen LogP contribution in [0.3, 0.4) is 0 Å². The maximum absolute atomic E-state index is 11.6. The van der Waals surface area contributed by atoms with Crippen molar-refractivity contribution < 1.29 is 14.7 Å². The van der Waals surface area contributed by atoms with Crippen LogP contribution in [0.15, 0.2) is 0 Å². The van der Waals surface area contributed by atoms with Crippen molar-refractivity contribution in [1.29, 1.82) is 0 Å². The Kier molecular flexibility index (Phi) is 6.72. The summed E-state index contributed by atoms with van der Waals surface area (Å²) in [6, 6.07) is -1.47. The summed E-state index contributed by atoms with van der Waals surface area (Å²) in [7, 11) is 0. The van der Waals surface area contributed by atoms with E-state index < -0.39 is 24.0 Å². The molecule has 0 aromatic carbocycles. The number of unbranched alkanes of at least 4 members (excludes halogenated alkanes) is 1. The second-order valence-electron chi connectivity index (χ2n) is 4.31. The van der Waals surface area contributed by atoms with Gasteiger partial charge < -0.3 is 16.2 Å². The Labute approximate surface area is 96.4 Å². The lowest BCUT2D eigenvalue weighted by atomic mass is 10.0. The largest absolute Gasteiger partial charge is 0.480 e. The fourth-order valence-corrected chi connectivity index (χ4v) is 1.24. The quantitative estimate of drug-likeness (QED) is 0.601. The van der Waals surface area contributed by atoms with Crippen molar-refractivity contribution in [3.8, 4) is 0 Å². The van der Waals surface area contributed by atoms with Gasteiger partial charge in [-0.15, -0.1) is 0 Å². The number of hydrogen-bond donors (Lipinski definition) is 3. The molecule has 1 amide bonds. The number of carboxylic acid groups (broad SMARTS) is 1. The average molecular weight is 230 g/mol. The van der Waals surface area contributed by atoms with Crippen LogP contribution >= 0.6 is 0 Å². The predicted octanol–water partition coefficient (Wildman–Crippen LogP) is 0.729. The second-order valence-corrected chi connectivity index (χ2v) is 4.31. The molecule has 5 nitrogen and oxygen atoms in total. The molecule has 0 fully saturated rings. The molecule has 0 aliphatic rings. The van der Waals surface area contributed by atoms with E-state index in [1.807, 2.05) is 20.8 Å². The third-order valence-electron chi connectivity index (χ3n) is 2.48. The zero-order chi connectivity index (χ0) is 12.7. The zero-order valence-electron chi connectivity index (χ0n) is 10.2. The number of nitrogens with one attached hydrogen (secondary N) is 1. The summed E-state index contributed by atoms with van der Waals surface area (Å²) in [5.41, 5.74) is 5.63. The first-order valence-corrected chi connectivity index (χ1v) is 5.68. The van der Waals surface area contributed by atoms with Crippen LogP contribution in [0.2, 0.25) is 0 Å². The highest BCUT2D eigenvalue weighted by Crippen LogP contribution is 2.03. The zero-order valence-corrected chi connectivity index (χ0v) is 10.2. The molecule has 5 heteroatoms. The van der Waals surface area contributed by atoms with E-state index in [0.29, 0.717) is 6.42 Å². The Balaban J connectivity index is 4.28. The van der Waals surface area contributed by atoms with Crippen molar-refractivity contribution in [2.75, 3.05) is 0 Å². The molecular weight excluding hydrogens is 208 g/mol. The molecule has 1 unspecified atom stereocenters. The van der Waals surface area contributed by atoms with Gasteiger partial charge in [0.05, 0.1) is 6.04 Å². The molecule has 0 saturated carbocycles. The van der Waals surface area contributed by atoms with E-state index in [4.69, 9.17) is 10.8 Å². The number of carbonyl (C=O) groups is 2. The van der Waals surface area contributed by atoms with Gasteiger partial charge >= 0.3 is 5.97 Å². The fourth-order valence-electron chi connectivity index (χ4n) is 1.24. The van der Waals surface area contributed by atoms with Gasteiger partial charge in [-0.3, -0.25) is 4.79 Å². The number of rotatable bonds is 7. The first-order chi connectivity index (χ1) is 7.40. The van der Waals surface area contributed by atoms with Crippen LogP contribution in [0.1, 0.15) is 40.0 Å².